The monoisotopic (exact) mass is 311 g/mol. The zero-order valence-electron chi connectivity index (χ0n) is 9.81. The quantitative estimate of drug-likeness (QED) is 0.870. The highest BCUT2D eigenvalue weighted by molar-refractivity contribution is 9.10. The lowest BCUT2D eigenvalue weighted by Crippen LogP contribution is -2.02. The lowest BCUT2D eigenvalue weighted by atomic mass is 10.2. The minimum atomic E-state index is -0.279. The van der Waals surface area contributed by atoms with Gasteiger partial charge in [-0.2, -0.15) is 0 Å². The lowest BCUT2D eigenvalue weighted by molar-refractivity contribution is 0.612. The lowest BCUT2D eigenvalue weighted by Gasteiger charge is -2.08. The van der Waals surface area contributed by atoms with Crippen molar-refractivity contribution < 1.29 is 8.78 Å². The molecule has 2 rings (SSSR count). The van der Waals surface area contributed by atoms with Gasteiger partial charge in [-0.1, -0.05) is 22.0 Å². The van der Waals surface area contributed by atoms with E-state index in [-0.39, 0.29) is 11.6 Å². The molecule has 2 aromatic rings. The van der Waals surface area contributed by atoms with Crippen LogP contribution in [0.15, 0.2) is 40.9 Å². The number of aryl methyl sites for hydroxylation is 1. The molecule has 94 valence electrons. The third kappa shape index (κ3) is 3.07. The van der Waals surface area contributed by atoms with E-state index in [4.69, 9.17) is 0 Å². The van der Waals surface area contributed by atoms with Crippen LogP contribution in [-0.4, -0.2) is 0 Å². The molecule has 2 aromatic carbocycles. The summed E-state index contributed by atoms with van der Waals surface area (Å²) < 4.78 is 27.6. The maximum absolute atomic E-state index is 13.5. The predicted molar refractivity (Wildman–Crippen MR) is 72.6 cm³/mol. The summed E-state index contributed by atoms with van der Waals surface area (Å²) in [5.74, 6) is -0.548. The molecule has 0 aliphatic rings. The molecule has 0 aliphatic heterocycles. The highest BCUT2D eigenvalue weighted by atomic mass is 79.9. The van der Waals surface area contributed by atoms with Gasteiger partial charge in [-0.05, 0) is 42.8 Å². The van der Waals surface area contributed by atoms with Crippen molar-refractivity contribution in [3.63, 3.8) is 0 Å². The summed E-state index contributed by atoms with van der Waals surface area (Å²) in [6.07, 6.45) is 0. The third-order valence-corrected chi connectivity index (χ3v) is 3.16. The van der Waals surface area contributed by atoms with Crippen molar-refractivity contribution in [2.24, 2.45) is 0 Å². The van der Waals surface area contributed by atoms with E-state index in [1.807, 2.05) is 0 Å². The van der Waals surface area contributed by atoms with Gasteiger partial charge in [-0.25, -0.2) is 8.78 Å². The molecular formula is C14H12BrF2N. The number of hydrogen-bond acceptors (Lipinski definition) is 1. The summed E-state index contributed by atoms with van der Waals surface area (Å²) in [5.41, 5.74) is 1.76. The first-order valence-corrected chi connectivity index (χ1v) is 6.29. The zero-order valence-corrected chi connectivity index (χ0v) is 11.4. The molecule has 0 atom stereocenters. The van der Waals surface area contributed by atoms with Gasteiger partial charge in [-0.15, -0.1) is 0 Å². The maximum Gasteiger partial charge on any atom is 0.128 e. The van der Waals surface area contributed by atoms with Crippen LogP contribution in [0.3, 0.4) is 0 Å². The van der Waals surface area contributed by atoms with Crippen molar-refractivity contribution in [1.29, 1.82) is 0 Å². The second-order valence-corrected chi connectivity index (χ2v) is 4.97. The highest BCUT2D eigenvalue weighted by Gasteiger charge is 2.04. The van der Waals surface area contributed by atoms with Gasteiger partial charge in [0, 0.05) is 22.3 Å². The topological polar surface area (TPSA) is 12.0 Å². The van der Waals surface area contributed by atoms with Crippen LogP contribution in [-0.2, 0) is 6.54 Å². The fraction of sp³-hybridized carbons (Fsp3) is 0.143. The van der Waals surface area contributed by atoms with Gasteiger partial charge in [-0.3, -0.25) is 0 Å². The smallest absolute Gasteiger partial charge is 0.128 e. The van der Waals surface area contributed by atoms with Gasteiger partial charge in [0.15, 0.2) is 0 Å². The Morgan fingerprint density at radius 2 is 1.83 bits per heavy atom. The van der Waals surface area contributed by atoms with Crippen molar-refractivity contribution >= 4 is 21.6 Å². The molecule has 0 fully saturated rings. The average Bonchev–Trinajstić information content (AvgIpc) is 2.34. The first-order valence-electron chi connectivity index (χ1n) is 5.50. The second kappa shape index (κ2) is 5.48. The zero-order chi connectivity index (χ0) is 13.1. The van der Waals surface area contributed by atoms with Crippen LogP contribution in [0.1, 0.15) is 11.1 Å². The van der Waals surface area contributed by atoms with Crippen LogP contribution in [0.4, 0.5) is 14.5 Å². The first kappa shape index (κ1) is 13.0. The Hall–Kier alpha value is -1.42. The van der Waals surface area contributed by atoms with Gasteiger partial charge in [0.2, 0.25) is 0 Å². The molecule has 0 saturated carbocycles. The average molecular weight is 312 g/mol. The summed E-state index contributed by atoms with van der Waals surface area (Å²) in [5, 5.41) is 3.00. The van der Waals surface area contributed by atoms with Gasteiger partial charge in [0.1, 0.15) is 11.6 Å². The fourth-order valence-corrected chi connectivity index (χ4v) is 1.99. The van der Waals surface area contributed by atoms with E-state index in [1.54, 1.807) is 31.2 Å². The Balaban J connectivity index is 2.11. The van der Waals surface area contributed by atoms with Crippen LogP contribution in [0.5, 0.6) is 0 Å². The molecule has 1 nitrogen and oxygen atoms in total. The molecule has 0 bridgehead atoms. The predicted octanol–water partition coefficient (Wildman–Crippen LogP) is 4.65. The first-order chi connectivity index (χ1) is 8.56. The Morgan fingerprint density at radius 1 is 1.06 bits per heavy atom. The molecule has 0 unspecified atom stereocenters. The van der Waals surface area contributed by atoms with Gasteiger partial charge in [0.25, 0.3) is 0 Å². The number of rotatable bonds is 3. The highest BCUT2D eigenvalue weighted by Crippen LogP contribution is 2.18. The molecule has 0 heterocycles. The van der Waals surface area contributed by atoms with Crippen molar-refractivity contribution in [3.8, 4) is 0 Å². The third-order valence-electron chi connectivity index (χ3n) is 2.66. The molecule has 0 radical (unpaired) electrons. The Morgan fingerprint density at radius 3 is 2.56 bits per heavy atom. The van der Waals surface area contributed by atoms with Crippen LogP contribution in [0.2, 0.25) is 0 Å². The minimum absolute atomic E-state index is 0.269. The summed E-state index contributed by atoms with van der Waals surface area (Å²) in [6.45, 7) is 2.01. The summed E-state index contributed by atoms with van der Waals surface area (Å²) in [7, 11) is 0. The summed E-state index contributed by atoms with van der Waals surface area (Å²) >= 11 is 3.29. The van der Waals surface area contributed by atoms with E-state index >= 15 is 0 Å². The molecule has 1 N–H and O–H groups in total. The second-order valence-electron chi connectivity index (χ2n) is 4.05. The van der Waals surface area contributed by atoms with E-state index in [0.717, 1.165) is 4.47 Å². The van der Waals surface area contributed by atoms with Gasteiger partial charge in [0.05, 0.1) is 0 Å². The fourth-order valence-electron chi connectivity index (χ4n) is 1.58. The Labute approximate surface area is 113 Å². The number of nitrogens with one attached hydrogen (secondary N) is 1. The van der Waals surface area contributed by atoms with Crippen molar-refractivity contribution in [3.05, 3.63) is 63.6 Å². The normalized spacial score (nSPS) is 10.4. The van der Waals surface area contributed by atoms with Crippen LogP contribution in [0, 0.1) is 18.6 Å². The van der Waals surface area contributed by atoms with Crippen LogP contribution >= 0.6 is 15.9 Å². The van der Waals surface area contributed by atoms with E-state index < -0.39 is 0 Å². The number of anilines is 1. The molecule has 0 amide bonds. The molecule has 0 spiro atoms. The number of benzene rings is 2. The number of hydrogen-bond donors (Lipinski definition) is 1. The van der Waals surface area contributed by atoms with Crippen molar-refractivity contribution in [2.45, 2.75) is 13.5 Å². The van der Waals surface area contributed by atoms with E-state index in [0.29, 0.717) is 23.4 Å². The minimum Gasteiger partial charge on any atom is -0.381 e. The standard InChI is InChI=1S/C14H12BrF2N/c1-9-2-4-12(7-14(9)17)18-8-10-6-11(15)3-5-13(10)16/h2-7,18H,8H2,1H3. The molecule has 0 aromatic heterocycles. The maximum atomic E-state index is 13.5. The van der Waals surface area contributed by atoms with E-state index in [2.05, 4.69) is 21.2 Å². The van der Waals surface area contributed by atoms with Gasteiger partial charge >= 0.3 is 0 Å². The molecular weight excluding hydrogens is 300 g/mol. The molecule has 0 saturated heterocycles. The molecule has 18 heavy (non-hydrogen) atoms. The van der Waals surface area contributed by atoms with E-state index in [1.165, 1.54) is 12.1 Å². The summed E-state index contributed by atoms with van der Waals surface area (Å²) in [4.78, 5) is 0. The van der Waals surface area contributed by atoms with Crippen molar-refractivity contribution in [2.75, 3.05) is 5.32 Å². The van der Waals surface area contributed by atoms with E-state index in [9.17, 15) is 8.78 Å². The van der Waals surface area contributed by atoms with Crippen molar-refractivity contribution in [1.82, 2.24) is 0 Å². The Bertz CT molecular complexity index is 570. The largest absolute Gasteiger partial charge is 0.381 e. The number of halogens is 3. The molecule has 0 aliphatic carbocycles. The van der Waals surface area contributed by atoms with Crippen LogP contribution < -0.4 is 5.32 Å². The Kier molecular flexibility index (Phi) is 3.97. The SMILES string of the molecule is Cc1ccc(NCc2cc(Br)ccc2F)cc1F. The van der Waals surface area contributed by atoms with Gasteiger partial charge < -0.3 is 5.32 Å². The summed E-state index contributed by atoms with van der Waals surface area (Å²) in [6, 6.07) is 9.61. The van der Waals surface area contributed by atoms with Crippen LogP contribution in [0.25, 0.3) is 0 Å². The molecule has 4 heteroatoms.